The number of nitrogens with zero attached hydrogens (tertiary/aromatic N) is 5. The average Bonchev–Trinajstić information content (AvgIpc) is 3.11. The molecule has 0 unspecified atom stereocenters. The molecule has 0 atom stereocenters. The fourth-order valence-corrected chi connectivity index (χ4v) is 4.03. The van der Waals surface area contributed by atoms with Crippen LogP contribution < -0.4 is 0 Å². The summed E-state index contributed by atoms with van der Waals surface area (Å²) in [5.74, 6) is 0.647. The second-order valence-electron chi connectivity index (χ2n) is 7.81. The van der Waals surface area contributed by atoms with Crippen molar-refractivity contribution in [3.63, 3.8) is 0 Å². The topological polar surface area (TPSA) is 56.5 Å². The van der Waals surface area contributed by atoms with Crippen LogP contribution in [0.25, 0.3) is 33.0 Å². The summed E-state index contributed by atoms with van der Waals surface area (Å²) in [7, 11) is 1.82. The van der Waals surface area contributed by atoms with Crippen LogP contribution in [0.3, 0.4) is 0 Å². The first-order valence-corrected chi connectivity index (χ1v) is 10.2. The van der Waals surface area contributed by atoms with E-state index >= 15 is 0 Å². The van der Waals surface area contributed by atoms with Gasteiger partial charge in [0.1, 0.15) is 16.9 Å². The molecule has 5 aromatic rings. The number of alkyl halides is 6. The highest BCUT2D eigenvalue weighted by molar-refractivity contribution is 6.02. The number of benzene rings is 2. The number of pyridine rings is 1. The van der Waals surface area contributed by atoms with E-state index in [9.17, 15) is 26.3 Å². The van der Waals surface area contributed by atoms with Crippen molar-refractivity contribution in [2.75, 3.05) is 0 Å². The van der Waals surface area contributed by atoms with E-state index in [4.69, 9.17) is 0 Å². The maximum absolute atomic E-state index is 13.5. The van der Waals surface area contributed by atoms with Gasteiger partial charge in [0.15, 0.2) is 0 Å². The van der Waals surface area contributed by atoms with Crippen LogP contribution >= 0.6 is 0 Å². The van der Waals surface area contributed by atoms with E-state index in [1.807, 2.05) is 29.8 Å². The predicted molar refractivity (Wildman–Crippen MR) is 113 cm³/mol. The van der Waals surface area contributed by atoms with Crippen LogP contribution in [0.1, 0.15) is 22.6 Å². The predicted octanol–water partition coefficient (Wildman–Crippen LogP) is 5.89. The number of aromatic nitrogens is 5. The van der Waals surface area contributed by atoms with Gasteiger partial charge in [0.25, 0.3) is 0 Å². The van der Waals surface area contributed by atoms with Gasteiger partial charge >= 0.3 is 12.4 Å². The van der Waals surface area contributed by atoms with E-state index in [2.05, 4.69) is 19.9 Å². The molecule has 5 nitrogen and oxygen atoms in total. The fourth-order valence-electron chi connectivity index (χ4n) is 4.03. The zero-order valence-corrected chi connectivity index (χ0v) is 17.5. The summed E-state index contributed by atoms with van der Waals surface area (Å²) in [6.07, 6.45) is -6.53. The Morgan fingerprint density at radius 3 is 2.18 bits per heavy atom. The Bertz CT molecular complexity index is 1550. The summed E-state index contributed by atoms with van der Waals surface area (Å²) >= 11 is 0. The van der Waals surface area contributed by atoms with Crippen molar-refractivity contribution < 1.29 is 26.3 Å². The molecule has 34 heavy (non-hydrogen) atoms. The van der Waals surface area contributed by atoms with Crippen LogP contribution in [0.2, 0.25) is 0 Å². The first-order chi connectivity index (χ1) is 16.0. The lowest BCUT2D eigenvalue weighted by Crippen LogP contribution is -2.13. The third kappa shape index (κ3) is 3.70. The molecule has 0 spiro atoms. The van der Waals surface area contributed by atoms with Crippen molar-refractivity contribution >= 4 is 33.0 Å². The molecule has 0 N–H and O–H groups in total. The standard InChI is InChI=1S/C23H15F6N5/c1-34-17-8-7-16-13(3-2-10-30-16)19(17)33-18(34)9-4-12-11-31-20-14(22(24,25)26)5-6-15(21(20)32-12)23(27,28)29/h2-3,5-8,10-11H,4,9H2,1H3. The summed E-state index contributed by atoms with van der Waals surface area (Å²) in [5, 5.41) is 0.863. The van der Waals surface area contributed by atoms with Gasteiger partial charge in [-0.05, 0) is 42.8 Å². The summed E-state index contributed by atoms with van der Waals surface area (Å²) in [6.45, 7) is 0. The first kappa shape index (κ1) is 22.1. The van der Waals surface area contributed by atoms with Crippen molar-refractivity contribution in [2.45, 2.75) is 25.2 Å². The Balaban J connectivity index is 1.54. The number of imidazole rings is 1. The maximum Gasteiger partial charge on any atom is 0.418 e. The van der Waals surface area contributed by atoms with Gasteiger partial charge < -0.3 is 4.57 Å². The second-order valence-corrected chi connectivity index (χ2v) is 7.81. The van der Waals surface area contributed by atoms with Gasteiger partial charge in [-0.15, -0.1) is 0 Å². The van der Waals surface area contributed by atoms with E-state index in [1.165, 1.54) is 0 Å². The highest BCUT2D eigenvalue weighted by Crippen LogP contribution is 2.39. The van der Waals surface area contributed by atoms with Crippen molar-refractivity contribution in [3.05, 3.63) is 71.4 Å². The fraction of sp³-hybridized carbons (Fsp3) is 0.217. The van der Waals surface area contributed by atoms with Crippen molar-refractivity contribution in [3.8, 4) is 0 Å². The van der Waals surface area contributed by atoms with Crippen molar-refractivity contribution in [1.29, 1.82) is 0 Å². The average molecular weight is 475 g/mol. The highest BCUT2D eigenvalue weighted by atomic mass is 19.4. The van der Waals surface area contributed by atoms with E-state index in [0.717, 1.165) is 28.1 Å². The Kier molecular flexibility index (Phi) is 4.96. The largest absolute Gasteiger partial charge is 0.418 e. The number of aryl methyl sites for hydroxylation is 3. The van der Waals surface area contributed by atoms with E-state index in [1.54, 1.807) is 12.3 Å². The molecule has 3 aromatic heterocycles. The Hall–Kier alpha value is -3.76. The molecule has 0 saturated carbocycles. The lowest BCUT2D eigenvalue weighted by molar-refractivity contribution is -0.139. The molecule has 174 valence electrons. The zero-order valence-electron chi connectivity index (χ0n) is 17.5. The molecule has 0 saturated heterocycles. The van der Waals surface area contributed by atoms with E-state index < -0.39 is 34.5 Å². The number of halogens is 6. The molecule has 2 aromatic carbocycles. The quantitative estimate of drug-likeness (QED) is 0.306. The van der Waals surface area contributed by atoms with Gasteiger partial charge in [0.2, 0.25) is 0 Å². The van der Waals surface area contributed by atoms with Crippen molar-refractivity contribution in [2.24, 2.45) is 7.05 Å². The molecule has 0 bridgehead atoms. The van der Waals surface area contributed by atoms with Crippen LogP contribution in [0, 0.1) is 0 Å². The Morgan fingerprint density at radius 1 is 0.765 bits per heavy atom. The molecule has 11 heteroatoms. The van der Waals surface area contributed by atoms with Gasteiger partial charge in [0, 0.05) is 31.2 Å². The third-order valence-electron chi connectivity index (χ3n) is 5.69. The van der Waals surface area contributed by atoms with Crippen LogP contribution in [0.4, 0.5) is 26.3 Å². The normalized spacial score (nSPS) is 12.8. The minimum Gasteiger partial charge on any atom is -0.331 e. The minimum absolute atomic E-state index is 0.135. The van der Waals surface area contributed by atoms with Gasteiger partial charge in [0.05, 0.1) is 33.4 Å². The molecule has 0 aliphatic heterocycles. The van der Waals surface area contributed by atoms with Gasteiger partial charge in [-0.1, -0.05) is 0 Å². The lowest BCUT2D eigenvalue weighted by atomic mass is 10.1. The van der Waals surface area contributed by atoms with Crippen molar-refractivity contribution in [1.82, 2.24) is 24.5 Å². The highest BCUT2D eigenvalue weighted by Gasteiger charge is 2.39. The molecule has 5 rings (SSSR count). The SMILES string of the molecule is Cn1c(CCc2cnc3c(C(F)(F)F)ccc(C(F)(F)F)c3n2)nc2c3cccnc3ccc21. The molecular weight excluding hydrogens is 460 g/mol. The molecule has 0 aliphatic carbocycles. The van der Waals surface area contributed by atoms with Gasteiger partial charge in [-0.3, -0.25) is 9.97 Å². The molecule has 0 amide bonds. The first-order valence-electron chi connectivity index (χ1n) is 10.2. The number of fused-ring (bicyclic) bond motifs is 4. The number of rotatable bonds is 3. The van der Waals surface area contributed by atoms with Crippen LogP contribution in [0.5, 0.6) is 0 Å². The number of hydrogen-bond acceptors (Lipinski definition) is 4. The van der Waals surface area contributed by atoms with E-state index in [0.29, 0.717) is 24.4 Å². The van der Waals surface area contributed by atoms with E-state index in [-0.39, 0.29) is 12.1 Å². The molecule has 0 radical (unpaired) electrons. The summed E-state index contributed by atoms with van der Waals surface area (Å²) < 4.78 is 82.2. The number of hydrogen-bond donors (Lipinski definition) is 0. The molecule has 3 heterocycles. The van der Waals surface area contributed by atoms with Gasteiger partial charge in [-0.2, -0.15) is 26.3 Å². The van der Waals surface area contributed by atoms with Crippen LogP contribution in [0.15, 0.2) is 48.8 Å². The third-order valence-corrected chi connectivity index (χ3v) is 5.69. The molecule has 0 aliphatic rings. The monoisotopic (exact) mass is 475 g/mol. The second kappa shape index (κ2) is 7.64. The van der Waals surface area contributed by atoms with Crippen LogP contribution in [-0.4, -0.2) is 24.5 Å². The van der Waals surface area contributed by atoms with Gasteiger partial charge in [-0.25, -0.2) is 9.97 Å². The summed E-state index contributed by atoms with van der Waals surface area (Å²) in [5.41, 5.74) is -1.65. The molecule has 0 fully saturated rings. The lowest BCUT2D eigenvalue weighted by Gasteiger charge is -2.14. The van der Waals surface area contributed by atoms with Crippen LogP contribution in [-0.2, 0) is 32.2 Å². The zero-order chi connectivity index (χ0) is 24.3. The smallest absolute Gasteiger partial charge is 0.331 e. The minimum atomic E-state index is -4.87. The maximum atomic E-state index is 13.5. The summed E-state index contributed by atoms with van der Waals surface area (Å²) in [4.78, 5) is 16.6. The Morgan fingerprint density at radius 2 is 1.47 bits per heavy atom. The molecular formula is C23H15F6N5. The Labute approximate surface area is 188 Å². The summed E-state index contributed by atoms with van der Waals surface area (Å²) in [6, 6.07) is 8.23.